The molecule has 102 valence electrons. The second-order valence-corrected chi connectivity index (χ2v) is 5.06. The lowest BCUT2D eigenvalue weighted by atomic mass is 9.83. The Morgan fingerprint density at radius 2 is 2.16 bits per heavy atom. The standard InChI is InChI=1S/C13H17N3O3/c1-7-11(17)15-9-6-8(4-5-10(9)19-7)13(2,3)12(18)16-14/h4-7H,14H2,1-3H3,(H,15,17)(H,16,18). The van der Waals surface area contributed by atoms with E-state index in [0.29, 0.717) is 11.4 Å². The summed E-state index contributed by atoms with van der Waals surface area (Å²) in [6.07, 6.45) is -0.515. The molecule has 4 N–H and O–H groups in total. The summed E-state index contributed by atoms with van der Waals surface area (Å²) >= 11 is 0. The summed E-state index contributed by atoms with van der Waals surface area (Å²) in [7, 11) is 0. The summed E-state index contributed by atoms with van der Waals surface area (Å²) in [6, 6.07) is 5.26. The monoisotopic (exact) mass is 263 g/mol. The van der Waals surface area contributed by atoms with E-state index in [0.717, 1.165) is 5.56 Å². The molecule has 0 saturated carbocycles. The summed E-state index contributed by atoms with van der Waals surface area (Å²) in [5.41, 5.74) is 2.66. The number of amides is 2. The zero-order valence-electron chi connectivity index (χ0n) is 11.1. The number of carbonyl (C=O) groups is 2. The smallest absolute Gasteiger partial charge is 0.265 e. The van der Waals surface area contributed by atoms with Crippen LogP contribution in [0, 0.1) is 0 Å². The molecule has 0 aliphatic carbocycles. The van der Waals surface area contributed by atoms with Crippen LogP contribution in [0.5, 0.6) is 5.75 Å². The lowest BCUT2D eigenvalue weighted by Gasteiger charge is -2.27. The predicted molar refractivity (Wildman–Crippen MR) is 70.5 cm³/mol. The minimum atomic E-state index is -0.794. The molecule has 0 aromatic heterocycles. The van der Waals surface area contributed by atoms with Gasteiger partial charge in [0.05, 0.1) is 11.1 Å². The largest absolute Gasteiger partial charge is 0.479 e. The normalized spacial score (nSPS) is 18.1. The quantitative estimate of drug-likeness (QED) is 0.415. The molecule has 1 aliphatic heterocycles. The number of nitrogens with two attached hydrogens (primary N) is 1. The number of rotatable bonds is 2. The Labute approximate surface area is 111 Å². The average molecular weight is 263 g/mol. The van der Waals surface area contributed by atoms with E-state index in [4.69, 9.17) is 10.6 Å². The number of hydrogen-bond acceptors (Lipinski definition) is 4. The summed E-state index contributed by atoms with van der Waals surface area (Å²) < 4.78 is 5.46. The molecule has 0 spiro atoms. The number of fused-ring (bicyclic) bond motifs is 1. The molecule has 1 aliphatic rings. The molecule has 6 nitrogen and oxygen atoms in total. The second kappa shape index (κ2) is 4.55. The van der Waals surface area contributed by atoms with Crippen molar-refractivity contribution in [1.82, 2.24) is 5.43 Å². The number of benzene rings is 1. The Balaban J connectivity index is 2.39. The van der Waals surface area contributed by atoms with E-state index in [1.54, 1.807) is 39.0 Å². The minimum absolute atomic E-state index is 0.203. The average Bonchev–Trinajstić information content (AvgIpc) is 2.38. The van der Waals surface area contributed by atoms with Crippen LogP contribution in [0.25, 0.3) is 0 Å². The lowest BCUT2D eigenvalue weighted by Crippen LogP contribution is -2.43. The number of hydrogen-bond donors (Lipinski definition) is 3. The molecule has 1 atom stereocenters. The van der Waals surface area contributed by atoms with Gasteiger partial charge in [-0.3, -0.25) is 15.0 Å². The molecule has 19 heavy (non-hydrogen) atoms. The Morgan fingerprint density at radius 1 is 1.47 bits per heavy atom. The van der Waals surface area contributed by atoms with Gasteiger partial charge in [-0.15, -0.1) is 0 Å². The number of hydrazine groups is 1. The molecule has 1 heterocycles. The van der Waals surface area contributed by atoms with E-state index >= 15 is 0 Å². The predicted octanol–water partition coefficient (Wildman–Crippen LogP) is 0.673. The summed E-state index contributed by atoms with van der Waals surface area (Å²) in [4.78, 5) is 23.3. The van der Waals surface area contributed by atoms with E-state index < -0.39 is 11.5 Å². The van der Waals surface area contributed by atoms with Crippen molar-refractivity contribution in [2.24, 2.45) is 5.84 Å². The molecule has 6 heteroatoms. The van der Waals surface area contributed by atoms with Gasteiger partial charge in [-0.05, 0) is 38.5 Å². The van der Waals surface area contributed by atoms with E-state index in [9.17, 15) is 9.59 Å². The van der Waals surface area contributed by atoms with Crippen molar-refractivity contribution < 1.29 is 14.3 Å². The Morgan fingerprint density at radius 3 is 2.79 bits per heavy atom. The van der Waals surface area contributed by atoms with Gasteiger partial charge in [-0.1, -0.05) is 6.07 Å². The van der Waals surface area contributed by atoms with Crippen LogP contribution in [0.15, 0.2) is 18.2 Å². The van der Waals surface area contributed by atoms with Gasteiger partial charge < -0.3 is 10.1 Å². The maximum atomic E-state index is 11.8. The van der Waals surface area contributed by atoms with E-state index in [1.807, 2.05) is 0 Å². The first-order valence-corrected chi connectivity index (χ1v) is 5.99. The molecule has 0 radical (unpaired) electrons. The van der Waals surface area contributed by atoms with Crippen LogP contribution >= 0.6 is 0 Å². The zero-order valence-corrected chi connectivity index (χ0v) is 11.1. The van der Waals surface area contributed by atoms with Crippen LogP contribution < -0.4 is 21.3 Å². The van der Waals surface area contributed by atoms with Crippen molar-refractivity contribution in [1.29, 1.82) is 0 Å². The highest BCUT2D eigenvalue weighted by atomic mass is 16.5. The number of ether oxygens (including phenoxy) is 1. The van der Waals surface area contributed by atoms with E-state index in [1.165, 1.54) is 0 Å². The minimum Gasteiger partial charge on any atom is -0.479 e. The first-order chi connectivity index (χ1) is 8.86. The van der Waals surface area contributed by atoms with Gasteiger partial charge in [0.15, 0.2) is 6.10 Å². The van der Waals surface area contributed by atoms with Gasteiger partial charge in [0.1, 0.15) is 5.75 Å². The molecule has 2 amide bonds. The molecule has 1 aromatic carbocycles. The Kier molecular flexibility index (Phi) is 3.20. The van der Waals surface area contributed by atoms with Gasteiger partial charge in [-0.25, -0.2) is 5.84 Å². The first-order valence-electron chi connectivity index (χ1n) is 5.99. The Hall–Kier alpha value is -2.08. The maximum Gasteiger partial charge on any atom is 0.265 e. The van der Waals surface area contributed by atoms with E-state index in [-0.39, 0.29) is 11.8 Å². The van der Waals surface area contributed by atoms with Gasteiger partial charge in [-0.2, -0.15) is 0 Å². The highest BCUT2D eigenvalue weighted by molar-refractivity contribution is 5.98. The van der Waals surface area contributed by atoms with Crippen molar-refractivity contribution >= 4 is 17.5 Å². The van der Waals surface area contributed by atoms with Crippen LogP contribution in [0.4, 0.5) is 5.69 Å². The fourth-order valence-corrected chi connectivity index (χ4v) is 1.91. The fraction of sp³-hybridized carbons (Fsp3) is 0.385. The van der Waals surface area contributed by atoms with Crippen molar-refractivity contribution in [2.75, 3.05) is 5.32 Å². The molecule has 1 aromatic rings. The third-order valence-electron chi connectivity index (χ3n) is 3.33. The van der Waals surface area contributed by atoms with Gasteiger partial charge in [0, 0.05) is 0 Å². The Bertz CT molecular complexity index is 540. The van der Waals surface area contributed by atoms with Crippen LogP contribution in [0.3, 0.4) is 0 Å². The highest BCUT2D eigenvalue weighted by Crippen LogP contribution is 2.34. The summed E-state index contributed by atoms with van der Waals surface area (Å²) in [5.74, 6) is 5.27. The SMILES string of the molecule is CC1Oc2ccc(C(C)(C)C(=O)NN)cc2NC1=O. The second-order valence-electron chi connectivity index (χ2n) is 5.06. The van der Waals surface area contributed by atoms with Crippen molar-refractivity contribution in [3.8, 4) is 5.75 Å². The topological polar surface area (TPSA) is 93.4 Å². The third-order valence-corrected chi connectivity index (χ3v) is 3.33. The van der Waals surface area contributed by atoms with Crippen molar-refractivity contribution in [3.05, 3.63) is 23.8 Å². The maximum absolute atomic E-state index is 11.8. The molecule has 0 saturated heterocycles. The first kappa shape index (κ1) is 13.4. The van der Waals surface area contributed by atoms with Gasteiger partial charge in [0.25, 0.3) is 5.91 Å². The third kappa shape index (κ3) is 2.26. The number of nitrogens with one attached hydrogen (secondary N) is 2. The van der Waals surface area contributed by atoms with E-state index in [2.05, 4.69) is 10.7 Å². The van der Waals surface area contributed by atoms with Crippen molar-refractivity contribution in [2.45, 2.75) is 32.3 Å². The number of carbonyl (C=O) groups excluding carboxylic acids is 2. The van der Waals surface area contributed by atoms with Crippen LogP contribution in [0.2, 0.25) is 0 Å². The van der Waals surface area contributed by atoms with Crippen LogP contribution in [-0.4, -0.2) is 17.9 Å². The van der Waals surface area contributed by atoms with Crippen molar-refractivity contribution in [3.63, 3.8) is 0 Å². The van der Waals surface area contributed by atoms with Gasteiger partial charge >= 0.3 is 0 Å². The number of anilines is 1. The fourth-order valence-electron chi connectivity index (χ4n) is 1.91. The summed E-state index contributed by atoms with van der Waals surface area (Å²) in [5, 5.41) is 2.75. The molecule has 2 rings (SSSR count). The lowest BCUT2D eigenvalue weighted by molar-refractivity contribution is -0.125. The van der Waals surface area contributed by atoms with Gasteiger partial charge in [0.2, 0.25) is 5.91 Å². The van der Waals surface area contributed by atoms with Crippen LogP contribution in [-0.2, 0) is 15.0 Å². The molecular weight excluding hydrogens is 246 g/mol. The molecule has 0 bridgehead atoms. The molecular formula is C13H17N3O3. The summed E-state index contributed by atoms with van der Waals surface area (Å²) in [6.45, 7) is 5.19. The molecule has 0 fully saturated rings. The zero-order chi connectivity index (χ0) is 14.2. The molecule has 1 unspecified atom stereocenters. The van der Waals surface area contributed by atoms with Crippen LogP contribution in [0.1, 0.15) is 26.3 Å². The highest BCUT2D eigenvalue weighted by Gasteiger charge is 2.31.